The Morgan fingerprint density at radius 2 is 1.85 bits per heavy atom. The van der Waals surface area contributed by atoms with E-state index in [-0.39, 0.29) is 29.1 Å². The Kier molecular flexibility index (Phi) is 8.11. The van der Waals surface area contributed by atoms with Gasteiger partial charge in [-0.15, -0.1) is 11.8 Å². The molecular weight excluding hydrogens is 456 g/mol. The topological polar surface area (TPSA) is 111 Å². The van der Waals surface area contributed by atoms with E-state index in [9.17, 15) is 19.5 Å². The minimum absolute atomic E-state index is 0.0551. The van der Waals surface area contributed by atoms with Gasteiger partial charge in [0.15, 0.2) is 0 Å². The third-order valence-electron chi connectivity index (χ3n) is 7.99. The molecule has 0 saturated carbocycles. The highest BCUT2D eigenvalue weighted by atomic mass is 32.2. The van der Waals surface area contributed by atoms with Crippen LogP contribution in [0.2, 0.25) is 0 Å². The van der Waals surface area contributed by atoms with Crippen molar-refractivity contribution >= 4 is 29.5 Å². The molecule has 4 rings (SSSR count). The Bertz CT molecular complexity index is 778. The summed E-state index contributed by atoms with van der Waals surface area (Å²) in [5.74, 6) is -1.13. The zero-order valence-electron chi connectivity index (χ0n) is 20.5. The molecule has 4 aliphatic rings. The lowest BCUT2D eigenvalue weighted by atomic mass is 9.66. The number of aliphatic hydroxyl groups is 1. The van der Waals surface area contributed by atoms with Crippen molar-refractivity contribution in [3.63, 3.8) is 0 Å². The molecule has 2 bridgehead atoms. The maximum Gasteiger partial charge on any atom is 0.244 e. The number of likely N-dealkylation sites (tertiary alicyclic amines) is 1. The second kappa shape index (κ2) is 10.7. The number of carbonyl (C=O) groups excluding carboxylic acids is 3. The summed E-state index contributed by atoms with van der Waals surface area (Å²) < 4.78 is 4.50. The summed E-state index contributed by atoms with van der Waals surface area (Å²) in [5, 5.41) is 15.4. The number of fused-ring (bicyclic) bond motifs is 1. The van der Waals surface area contributed by atoms with Gasteiger partial charge in [0.25, 0.3) is 0 Å². The van der Waals surface area contributed by atoms with Crippen molar-refractivity contribution in [2.24, 2.45) is 11.8 Å². The Morgan fingerprint density at radius 3 is 2.56 bits per heavy atom. The number of aliphatic hydroxyl groups excluding tert-OH is 1. The van der Waals surface area contributed by atoms with Gasteiger partial charge in [-0.25, -0.2) is 0 Å². The van der Waals surface area contributed by atoms with Crippen molar-refractivity contribution in [2.75, 3.05) is 59.1 Å². The molecule has 3 N–H and O–H groups in total. The normalized spacial score (nSPS) is 35.0. The van der Waals surface area contributed by atoms with Gasteiger partial charge < -0.3 is 25.4 Å². The number of thioether (sulfide) groups is 1. The molecule has 34 heavy (non-hydrogen) atoms. The molecular formula is C24H40N4O5S. The van der Waals surface area contributed by atoms with Crippen molar-refractivity contribution in [2.45, 2.75) is 61.5 Å². The number of nitrogens with zero attached hydrogens (tertiary/aromatic N) is 2. The number of unbranched alkanes of at least 4 members (excludes halogenated alkanes) is 1. The van der Waals surface area contributed by atoms with Crippen LogP contribution in [0, 0.1) is 11.8 Å². The van der Waals surface area contributed by atoms with E-state index in [1.165, 1.54) is 0 Å². The SMILES string of the molecule is CCCNC(=O)[C@@H]1[C@H]2C(=O)N(CCCCO)C(C(=O)NCCN3CCOCC3)C23CC[C@@]1(C)S3. The van der Waals surface area contributed by atoms with Gasteiger partial charge >= 0.3 is 0 Å². The Balaban J connectivity index is 1.54. The second-order valence-electron chi connectivity index (χ2n) is 10.2. The molecule has 0 aliphatic carbocycles. The van der Waals surface area contributed by atoms with E-state index >= 15 is 0 Å². The van der Waals surface area contributed by atoms with Crippen molar-refractivity contribution in [3.8, 4) is 0 Å². The van der Waals surface area contributed by atoms with Crippen LogP contribution in [-0.2, 0) is 19.1 Å². The Labute approximate surface area is 206 Å². The van der Waals surface area contributed by atoms with E-state index in [1.807, 2.05) is 6.92 Å². The van der Waals surface area contributed by atoms with Crippen LogP contribution in [-0.4, -0.2) is 107 Å². The summed E-state index contributed by atoms with van der Waals surface area (Å²) in [4.78, 5) is 44.7. The van der Waals surface area contributed by atoms with Crippen molar-refractivity contribution in [1.82, 2.24) is 20.4 Å². The lowest BCUT2D eigenvalue weighted by Crippen LogP contribution is -2.55. The molecule has 192 valence electrons. The molecule has 4 aliphatic heterocycles. The van der Waals surface area contributed by atoms with Gasteiger partial charge in [0.1, 0.15) is 6.04 Å². The average molecular weight is 497 g/mol. The first kappa shape index (κ1) is 25.7. The number of ether oxygens (including phenoxy) is 1. The molecule has 1 spiro atoms. The van der Waals surface area contributed by atoms with E-state index in [4.69, 9.17) is 4.74 Å². The minimum atomic E-state index is -0.579. The summed E-state index contributed by atoms with van der Waals surface area (Å²) in [5.41, 5.74) is 0. The first-order valence-corrected chi connectivity index (χ1v) is 13.7. The van der Waals surface area contributed by atoms with Crippen LogP contribution < -0.4 is 10.6 Å². The van der Waals surface area contributed by atoms with Gasteiger partial charge in [-0.2, -0.15) is 0 Å². The largest absolute Gasteiger partial charge is 0.396 e. The van der Waals surface area contributed by atoms with Gasteiger partial charge in [-0.05, 0) is 39.0 Å². The summed E-state index contributed by atoms with van der Waals surface area (Å²) in [6.07, 6.45) is 3.65. The monoisotopic (exact) mass is 496 g/mol. The summed E-state index contributed by atoms with van der Waals surface area (Å²) in [7, 11) is 0. The fourth-order valence-corrected chi connectivity index (χ4v) is 8.73. The molecule has 0 aromatic carbocycles. The van der Waals surface area contributed by atoms with E-state index in [2.05, 4.69) is 22.5 Å². The van der Waals surface area contributed by atoms with Gasteiger partial charge in [0, 0.05) is 50.6 Å². The van der Waals surface area contributed by atoms with Gasteiger partial charge in [0.05, 0.1) is 29.8 Å². The van der Waals surface area contributed by atoms with Crippen LogP contribution in [0.5, 0.6) is 0 Å². The zero-order chi connectivity index (χ0) is 24.3. The molecule has 0 aromatic rings. The van der Waals surface area contributed by atoms with Gasteiger partial charge in [-0.3, -0.25) is 19.3 Å². The third kappa shape index (κ3) is 4.58. The highest BCUT2D eigenvalue weighted by Gasteiger charge is 2.76. The van der Waals surface area contributed by atoms with E-state index in [0.29, 0.717) is 45.7 Å². The van der Waals surface area contributed by atoms with Crippen LogP contribution >= 0.6 is 11.8 Å². The smallest absolute Gasteiger partial charge is 0.244 e. The fraction of sp³-hybridized carbons (Fsp3) is 0.875. The highest BCUT2D eigenvalue weighted by molar-refractivity contribution is 8.02. The molecule has 10 heteroatoms. The molecule has 5 atom stereocenters. The minimum Gasteiger partial charge on any atom is -0.396 e. The predicted molar refractivity (Wildman–Crippen MR) is 130 cm³/mol. The number of rotatable bonds is 11. The maximum atomic E-state index is 13.8. The Morgan fingerprint density at radius 1 is 1.12 bits per heavy atom. The molecule has 2 unspecified atom stereocenters. The first-order valence-electron chi connectivity index (χ1n) is 12.8. The number of nitrogens with one attached hydrogen (secondary N) is 2. The number of amides is 3. The van der Waals surface area contributed by atoms with Crippen LogP contribution in [0.3, 0.4) is 0 Å². The highest BCUT2D eigenvalue weighted by Crippen LogP contribution is 2.71. The van der Waals surface area contributed by atoms with Crippen LogP contribution in [0.15, 0.2) is 0 Å². The van der Waals surface area contributed by atoms with Crippen molar-refractivity contribution < 1.29 is 24.2 Å². The van der Waals surface area contributed by atoms with Gasteiger partial charge in [0.2, 0.25) is 17.7 Å². The molecule has 0 radical (unpaired) electrons. The first-order chi connectivity index (χ1) is 16.4. The number of morpholine rings is 1. The zero-order valence-corrected chi connectivity index (χ0v) is 21.3. The van der Waals surface area contributed by atoms with Crippen LogP contribution in [0.1, 0.15) is 46.0 Å². The predicted octanol–water partition coefficient (Wildman–Crippen LogP) is 0.215. The third-order valence-corrected chi connectivity index (χ3v) is 9.98. The Hall–Kier alpha value is -1.36. The van der Waals surface area contributed by atoms with Crippen LogP contribution in [0.25, 0.3) is 0 Å². The fourth-order valence-electron chi connectivity index (χ4n) is 6.38. The molecule has 4 heterocycles. The lowest BCUT2D eigenvalue weighted by molar-refractivity contribution is -0.140. The summed E-state index contributed by atoms with van der Waals surface area (Å²) in [6, 6.07) is -0.579. The number of hydrogen-bond donors (Lipinski definition) is 3. The summed E-state index contributed by atoms with van der Waals surface area (Å²) in [6.45, 7) is 9.62. The molecule has 0 aromatic heterocycles. The van der Waals surface area contributed by atoms with Crippen molar-refractivity contribution in [3.05, 3.63) is 0 Å². The number of carbonyl (C=O) groups is 3. The number of hydrogen-bond acceptors (Lipinski definition) is 7. The van der Waals surface area contributed by atoms with Gasteiger partial charge in [-0.1, -0.05) is 6.92 Å². The van der Waals surface area contributed by atoms with Crippen LogP contribution in [0.4, 0.5) is 0 Å². The summed E-state index contributed by atoms with van der Waals surface area (Å²) >= 11 is 1.71. The van der Waals surface area contributed by atoms with E-state index in [1.54, 1.807) is 16.7 Å². The quantitative estimate of drug-likeness (QED) is 0.351. The van der Waals surface area contributed by atoms with E-state index < -0.39 is 22.6 Å². The molecule has 4 saturated heterocycles. The lowest BCUT2D eigenvalue weighted by Gasteiger charge is -2.35. The standard InChI is InChI=1S/C24H40N4O5S/c1-3-8-25-20(30)17-18-22(32)28(10-4-5-14-29)19(24(18)7-6-23(17,2)34-24)21(31)26-9-11-27-12-15-33-16-13-27/h17-19,29H,3-16H2,1-2H3,(H,25,30)(H,26,31)/t17-,18-,19?,23+,24?/m0/s1. The van der Waals surface area contributed by atoms with E-state index in [0.717, 1.165) is 38.9 Å². The van der Waals surface area contributed by atoms with Crippen molar-refractivity contribution in [1.29, 1.82) is 0 Å². The molecule has 9 nitrogen and oxygen atoms in total. The second-order valence-corrected chi connectivity index (χ2v) is 12.1. The average Bonchev–Trinajstić information content (AvgIpc) is 3.39. The maximum absolute atomic E-state index is 13.8. The molecule has 4 fully saturated rings. The molecule has 3 amide bonds.